The van der Waals surface area contributed by atoms with Gasteiger partial charge in [-0.2, -0.15) is 0 Å². The van der Waals surface area contributed by atoms with Crippen molar-refractivity contribution in [1.29, 1.82) is 0 Å². The summed E-state index contributed by atoms with van der Waals surface area (Å²) in [5, 5.41) is 3.62. The monoisotopic (exact) mass is 367 g/mol. The first-order chi connectivity index (χ1) is 12.7. The number of rotatable bonds is 4. The first kappa shape index (κ1) is 17.0. The number of aromatic nitrogens is 2. The Kier molecular flexibility index (Phi) is 4.59. The lowest BCUT2D eigenvalue weighted by Crippen LogP contribution is -2.33. The molecule has 0 spiro atoms. The molecule has 2 heterocycles. The van der Waals surface area contributed by atoms with E-state index in [2.05, 4.69) is 10.3 Å². The van der Waals surface area contributed by atoms with Crippen molar-refractivity contribution in [3.63, 3.8) is 0 Å². The fourth-order valence-electron chi connectivity index (χ4n) is 3.64. The number of thiophene rings is 1. The summed E-state index contributed by atoms with van der Waals surface area (Å²) in [5.74, 6) is -0.189. The van der Waals surface area contributed by atoms with Gasteiger partial charge in [-0.3, -0.25) is 14.2 Å². The molecule has 1 amide bonds. The first-order valence-corrected chi connectivity index (χ1v) is 9.88. The van der Waals surface area contributed by atoms with Gasteiger partial charge in [-0.1, -0.05) is 25.1 Å². The third kappa shape index (κ3) is 2.94. The summed E-state index contributed by atoms with van der Waals surface area (Å²) in [6.07, 6.45) is 6.30. The SMILES string of the molecule is CCC(C(=O)Nc1ccccc1)n1cnc2sc3c(c2c1=O)CCCC3. The van der Waals surface area contributed by atoms with Gasteiger partial charge in [0, 0.05) is 10.6 Å². The molecule has 1 unspecified atom stereocenters. The lowest BCUT2D eigenvalue weighted by molar-refractivity contribution is -0.119. The first-order valence-electron chi connectivity index (χ1n) is 9.06. The fraction of sp³-hybridized carbons (Fsp3) is 0.350. The Morgan fingerprint density at radius 1 is 1.27 bits per heavy atom. The predicted octanol–water partition coefficient (Wildman–Crippen LogP) is 3.93. The van der Waals surface area contributed by atoms with E-state index in [1.54, 1.807) is 11.3 Å². The molecule has 26 heavy (non-hydrogen) atoms. The van der Waals surface area contributed by atoms with Crippen molar-refractivity contribution in [1.82, 2.24) is 9.55 Å². The summed E-state index contributed by atoms with van der Waals surface area (Å²) in [6, 6.07) is 8.74. The Labute approximate surface area is 155 Å². The Morgan fingerprint density at radius 2 is 2.04 bits per heavy atom. The van der Waals surface area contributed by atoms with Crippen molar-refractivity contribution in [2.75, 3.05) is 5.32 Å². The van der Waals surface area contributed by atoms with Crippen molar-refractivity contribution < 1.29 is 4.79 Å². The van der Waals surface area contributed by atoms with Gasteiger partial charge in [0.25, 0.3) is 5.56 Å². The molecule has 0 fully saturated rings. The maximum Gasteiger partial charge on any atom is 0.263 e. The molecule has 1 aliphatic rings. The van der Waals surface area contributed by atoms with Gasteiger partial charge in [-0.25, -0.2) is 4.98 Å². The molecule has 0 saturated carbocycles. The van der Waals surface area contributed by atoms with Crippen LogP contribution in [0.3, 0.4) is 0 Å². The topological polar surface area (TPSA) is 64.0 Å². The minimum absolute atomic E-state index is 0.0931. The highest BCUT2D eigenvalue weighted by Gasteiger charge is 2.24. The van der Waals surface area contributed by atoms with E-state index in [-0.39, 0.29) is 11.5 Å². The smallest absolute Gasteiger partial charge is 0.263 e. The fourth-order valence-corrected chi connectivity index (χ4v) is 4.86. The molecule has 0 saturated heterocycles. The van der Waals surface area contributed by atoms with Crippen LogP contribution in [0.4, 0.5) is 5.69 Å². The zero-order chi connectivity index (χ0) is 18.1. The van der Waals surface area contributed by atoms with E-state index < -0.39 is 6.04 Å². The summed E-state index contributed by atoms with van der Waals surface area (Å²) >= 11 is 1.63. The lowest BCUT2D eigenvalue weighted by atomic mass is 9.97. The number of benzene rings is 1. The van der Waals surface area contributed by atoms with Crippen LogP contribution >= 0.6 is 11.3 Å². The molecule has 1 N–H and O–H groups in total. The van der Waals surface area contributed by atoms with Crippen molar-refractivity contribution in [2.24, 2.45) is 0 Å². The highest BCUT2D eigenvalue weighted by atomic mass is 32.1. The maximum atomic E-state index is 13.2. The van der Waals surface area contributed by atoms with Crippen molar-refractivity contribution in [2.45, 2.75) is 45.1 Å². The van der Waals surface area contributed by atoms with Crippen LogP contribution < -0.4 is 10.9 Å². The number of hydrogen-bond donors (Lipinski definition) is 1. The van der Waals surface area contributed by atoms with Gasteiger partial charge in [-0.15, -0.1) is 11.3 Å². The second kappa shape index (κ2) is 7.03. The molecule has 1 aliphatic carbocycles. The third-order valence-corrected chi connectivity index (χ3v) is 6.17. The molecule has 6 heteroatoms. The van der Waals surface area contributed by atoms with Crippen LogP contribution in [-0.4, -0.2) is 15.5 Å². The molecular weight excluding hydrogens is 346 g/mol. The van der Waals surface area contributed by atoms with E-state index in [1.807, 2.05) is 37.3 Å². The van der Waals surface area contributed by atoms with Gasteiger partial charge < -0.3 is 5.32 Å². The molecule has 2 aromatic heterocycles. The van der Waals surface area contributed by atoms with Crippen molar-refractivity contribution >= 4 is 33.1 Å². The van der Waals surface area contributed by atoms with Crippen LogP contribution in [0.25, 0.3) is 10.2 Å². The minimum Gasteiger partial charge on any atom is -0.324 e. The maximum absolute atomic E-state index is 13.2. The summed E-state index contributed by atoms with van der Waals surface area (Å²) in [4.78, 5) is 32.5. The molecule has 1 atom stereocenters. The second-order valence-electron chi connectivity index (χ2n) is 6.63. The Morgan fingerprint density at radius 3 is 2.81 bits per heavy atom. The van der Waals surface area contributed by atoms with E-state index >= 15 is 0 Å². The summed E-state index contributed by atoms with van der Waals surface area (Å²) in [6.45, 7) is 1.91. The van der Waals surface area contributed by atoms with E-state index in [0.29, 0.717) is 6.42 Å². The predicted molar refractivity (Wildman–Crippen MR) is 105 cm³/mol. The number of carbonyl (C=O) groups excluding carboxylic acids is 1. The molecule has 4 rings (SSSR count). The molecule has 0 aliphatic heterocycles. The van der Waals surface area contributed by atoms with Crippen molar-refractivity contribution in [3.8, 4) is 0 Å². The number of amides is 1. The zero-order valence-electron chi connectivity index (χ0n) is 14.7. The number of para-hydroxylation sites is 1. The summed E-state index contributed by atoms with van der Waals surface area (Å²) < 4.78 is 1.50. The number of aryl methyl sites for hydroxylation is 2. The number of hydrogen-bond acceptors (Lipinski definition) is 4. The van der Waals surface area contributed by atoms with Crippen molar-refractivity contribution in [3.05, 3.63) is 57.5 Å². The Bertz CT molecular complexity index is 1010. The van der Waals surface area contributed by atoms with Crippen LogP contribution in [0.2, 0.25) is 0 Å². The lowest BCUT2D eigenvalue weighted by Gasteiger charge is -2.18. The van der Waals surface area contributed by atoms with E-state index in [0.717, 1.165) is 40.7 Å². The van der Waals surface area contributed by atoms with Crippen LogP contribution in [0.1, 0.15) is 42.7 Å². The van der Waals surface area contributed by atoms with E-state index in [1.165, 1.54) is 22.2 Å². The number of nitrogens with one attached hydrogen (secondary N) is 1. The molecule has 5 nitrogen and oxygen atoms in total. The molecule has 134 valence electrons. The van der Waals surface area contributed by atoms with Crippen LogP contribution in [0, 0.1) is 0 Å². The highest BCUT2D eigenvalue weighted by Crippen LogP contribution is 2.33. The van der Waals surface area contributed by atoms with Crippen LogP contribution in [-0.2, 0) is 17.6 Å². The number of fused-ring (bicyclic) bond motifs is 3. The highest BCUT2D eigenvalue weighted by molar-refractivity contribution is 7.18. The van der Waals surface area contributed by atoms with Gasteiger partial charge >= 0.3 is 0 Å². The zero-order valence-corrected chi connectivity index (χ0v) is 15.5. The van der Waals surface area contributed by atoms with Gasteiger partial charge in [-0.05, 0) is 49.8 Å². The third-order valence-electron chi connectivity index (χ3n) is 4.97. The average Bonchev–Trinajstić information content (AvgIpc) is 3.04. The van der Waals surface area contributed by atoms with Gasteiger partial charge in [0.2, 0.25) is 5.91 Å². The molecular formula is C20H21N3O2S. The number of nitrogens with zero attached hydrogens (tertiary/aromatic N) is 2. The normalized spacial score (nSPS) is 14.8. The van der Waals surface area contributed by atoms with Gasteiger partial charge in [0.15, 0.2) is 0 Å². The van der Waals surface area contributed by atoms with Gasteiger partial charge in [0.05, 0.1) is 11.7 Å². The summed E-state index contributed by atoms with van der Waals surface area (Å²) in [5.41, 5.74) is 1.79. The molecule has 3 aromatic rings. The molecule has 1 aromatic carbocycles. The van der Waals surface area contributed by atoms with E-state index in [9.17, 15) is 9.59 Å². The minimum atomic E-state index is -0.571. The van der Waals surface area contributed by atoms with Crippen LogP contribution in [0.15, 0.2) is 41.5 Å². The van der Waals surface area contributed by atoms with Crippen LogP contribution in [0.5, 0.6) is 0 Å². The Balaban J connectivity index is 1.73. The Hall–Kier alpha value is -2.47. The number of anilines is 1. The average molecular weight is 367 g/mol. The quantitative estimate of drug-likeness (QED) is 0.760. The van der Waals surface area contributed by atoms with Gasteiger partial charge in [0.1, 0.15) is 10.9 Å². The standard InChI is InChI=1S/C20H21N3O2S/c1-2-15(18(24)22-13-8-4-3-5-9-13)23-12-21-19-17(20(23)25)14-10-6-7-11-16(14)26-19/h3-5,8-9,12,15H,2,6-7,10-11H2,1H3,(H,22,24). The second-order valence-corrected chi connectivity index (χ2v) is 7.71. The van der Waals surface area contributed by atoms with E-state index in [4.69, 9.17) is 0 Å². The number of carbonyl (C=O) groups is 1. The summed E-state index contributed by atoms with van der Waals surface area (Å²) in [7, 11) is 0. The molecule has 0 radical (unpaired) electrons. The molecule has 0 bridgehead atoms. The largest absolute Gasteiger partial charge is 0.324 e.